The molecular weight excluding hydrogens is 306 g/mol. The molecule has 5 nitrogen and oxygen atoms in total. The van der Waals surface area contributed by atoms with Gasteiger partial charge in [-0.05, 0) is 41.8 Å². The molecule has 2 aliphatic heterocycles. The molecule has 24 heavy (non-hydrogen) atoms. The molecule has 2 aromatic rings. The Morgan fingerprint density at radius 3 is 2.79 bits per heavy atom. The number of hydrogen-bond acceptors (Lipinski definition) is 4. The third-order valence-corrected chi connectivity index (χ3v) is 4.58. The van der Waals surface area contributed by atoms with Crippen LogP contribution in [0.15, 0.2) is 42.5 Å². The molecular formula is C19H17NO4. The van der Waals surface area contributed by atoms with Crippen molar-refractivity contribution in [1.82, 2.24) is 0 Å². The summed E-state index contributed by atoms with van der Waals surface area (Å²) < 4.78 is 10.6. The maximum absolute atomic E-state index is 12.9. The minimum Gasteiger partial charge on any atom is -0.480 e. The van der Waals surface area contributed by atoms with Crippen molar-refractivity contribution in [3.63, 3.8) is 0 Å². The van der Waals surface area contributed by atoms with Crippen molar-refractivity contribution in [2.75, 3.05) is 18.6 Å². The Balaban J connectivity index is 1.56. The van der Waals surface area contributed by atoms with Gasteiger partial charge in [-0.3, -0.25) is 4.79 Å². The third kappa shape index (κ3) is 2.33. The standard InChI is InChI=1S/C19H17NO4/c1-23-19(22)14-6-7-15-12(10-14)8-9-20(15)18(21)17-11-13-4-2-3-5-16(13)24-17/h2-7,10,17H,8-9,11H2,1H3/t17-/m0/s1. The van der Waals surface area contributed by atoms with Crippen LogP contribution in [0.1, 0.15) is 21.5 Å². The zero-order valence-corrected chi connectivity index (χ0v) is 13.3. The fourth-order valence-electron chi connectivity index (χ4n) is 3.37. The van der Waals surface area contributed by atoms with Gasteiger partial charge in [0.15, 0.2) is 6.10 Å². The molecule has 1 atom stereocenters. The summed E-state index contributed by atoms with van der Waals surface area (Å²) in [5.74, 6) is 0.393. The fraction of sp³-hybridized carbons (Fsp3) is 0.263. The van der Waals surface area contributed by atoms with Crippen molar-refractivity contribution in [3.8, 4) is 5.75 Å². The number of carbonyl (C=O) groups excluding carboxylic acids is 2. The Morgan fingerprint density at radius 2 is 2.00 bits per heavy atom. The highest BCUT2D eigenvalue weighted by Gasteiger charge is 2.35. The van der Waals surface area contributed by atoms with Gasteiger partial charge in [-0.25, -0.2) is 4.79 Å². The van der Waals surface area contributed by atoms with Gasteiger partial charge >= 0.3 is 5.97 Å². The number of nitrogens with zero attached hydrogens (tertiary/aromatic N) is 1. The number of esters is 1. The topological polar surface area (TPSA) is 55.8 Å². The molecule has 0 spiro atoms. The van der Waals surface area contributed by atoms with Crippen LogP contribution in [0, 0.1) is 0 Å². The van der Waals surface area contributed by atoms with Crippen molar-refractivity contribution in [3.05, 3.63) is 59.2 Å². The second-order valence-electron chi connectivity index (χ2n) is 5.99. The van der Waals surface area contributed by atoms with Crippen LogP contribution in [0.2, 0.25) is 0 Å². The SMILES string of the molecule is COC(=O)c1ccc2c(c1)CCN2C(=O)[C@@H]1Cc2ccccc2O1. The summed E-state index contributed by atoms with van der Waals surface area (Å²) >= 11 is 0. The molecule has 0 saturated carbocycles. The molecule has 2 heterocycles. The van der Waals surface area contributed by atoms with E-state index < -0.39 is 6.10 Å². The van der Waals surface area contributed by atoms with E-state index in [9.17, 15) is 9.59 Å². The molecule has 0 unspecified atom stereocenters. The molecule has 2 aromatic carbocycles. The van der Waals surface area contributed by atoms with E-state index >= 15 is 0 Å². The number of para-hydroxylation sites is 1. The maximum Gasteiger partial charge on any atom is 0.337 e. The van der Waals surface area contributed by atoms with E-state index in [1.165, 1.54) is 7.11 Å². The average molecular weight is 323 g/mol. The highest BCUT2D eigenvalue weighted by molar-refractivity contribution is 6.00. The van der Waals surface area contributed by atoms with Crippen molar-refractivity contribution in [1.29, 1.82) is 0 Å². The zero-order chi connectivity index (χ0) is 16.7. The first-order chi connectivity index (χ1) is 11.7. The Hall–Kier alpha value is -2.82. The Bertz CT molecular complexity index is 805. The van der Waals surface area contributed by atoms with E-state index in [4.69, 9.17) is 9.47 Å². The molecule has 1 amide bonds. The first kappa shape index (κ1) is 14.8. The van der Waals surface area contributed by atoms with Gasteiger partial charge in [0.25, 0.3) is 5.91 Å². The van der Waals surface area contributed by atoms with E-state index in [0.29, 0.717) is 18.5 Å². The summed E-state index contributed by atoms with van der Waals surface area (Å²) in [6.45, 7) is 0.606. The number of methoxy groups -OCH3 is 1. The Kier molecular flexibility index (Phi) is 3.49. The van der Waals surface area contributed by atoms with E-state index in [-0.39, 0.29) is 11.9 Å². The maximum atomic E-state index is 12.9. The lowest BCUT2D eigenvalue weighted by Gasteiger charge is -2.21. The number of amides is 1. The van der Waals surface area contributed by atoms with Gasteiger partial charge in [-0.15, -0.1) is 0 Å². The molecule has 122 valence electrons. The quantitative estimate of drug-likeness (QED) is 0.796. The summed E-state index contributed by atoms with van der Waals surface area (Å²) in [5.41, 5.74) is 3.42. The van der Waals surface area contributed by atoms with Gasteiger partial charge in [0.1, 0.15) is 5.75 Å². The average Bonchev–Trinajstić information content (AvgIpc) is 3.23. The molecule has 0 radical (unpaired) electrons. The fourth-order valence-corrected chi connectivity index (χ4v) is 3.37. The molecule has 0 N–H and O–H groups in total. The van der Waals surface area contributed by atoms with Crippen molar-refractivity contribution >= 4 is 17.6 Å². The summed E-state index contributed by atoms with van der Waals surface area (Å²) in [5, 5.41) is 0. The van der Waals surface area contributed by atoms with E-state index in [1.807, 2.05) is 30.3 Å². The van der Waals surface area contributed by atoms with Crippen LogP contribution >= 0.6 is 0 Å². The lowest BCUT2D eigenvalue weighted by atomic mass is 10.1. The minimum atomic E-state index is -0.478. The number of ether oxygens (including phenoxy) is 2. The molecule has 0 saturated heterocycles. The summed E-state index contributed by atoms with van der Waals surface area (Å²) in [4.78, 5) is 26.3. The van der Waals surface area contributed by atoms with Gasteiger partial charge < -0.3 is 14.4 Å². The van der Waals surface area contributed by atoms with Crippen LogP contribution in [0.3, 0.4) is 0 Å². The second-order valence-corrected chi connectivity index (χ2v) is 5.99. The largest absolute Gasteiger partial charge is 0.480 e. The number of benzene rings is 2. The van der Waals surface area contributed by atoms with Gasteiger partial charge in [-0.2, -0.15) is 0 Å². The number of rotatable bonds is 2. The normalized spacial score (nSPS) is 17.9. The molecule has 4 rings (SSSR count). The summed E-state index contributed by atoms with van der Waals surface area (Å²) in [6.07, 6.45) is 0.848. The lowest BCUT2D eigenvalue weighted by molar-refractivity contribution is -0.124. The molecule has 0 fully saturated rings. The predicted octanol–water partition coefficient (Wildman–Crippen LogP) is 2.37. The monoisotopic (exact) mass is 323 g/mol. The van der Waals surface area contributed by atoms with Crippen LogP contribution in [0.5, 0.6) is 5.75 Å². The van der Waals surface area contributed by atoms with E-state index in [0.717, 1.165) is 29.0 Å². The minimum absolute atomic E-state index is 0.0317. The highest BCUT2D eigenvalue weighted by atomic mass is 16.5. The van der Waals surface area contributed by atoms with Crippen LogP contribution in [-0.2, 0) is 22.4 Å². The molecule has 2 aliphatic rings. The smallest absolute Gasteiger partial charge is 0.337 e. The van der Waals surface area contributed by atoms with Gasteiger partial charge in [0.05, 0.1) is 12.7 Å². The van der Waals surface area contributed by atoms with Gasteiger partial charge in [0.2, 0.25) is 0 Å². The number of fused-ring (bicyclic) bond motifs is 2. The second kappa shape index (κ2) is 5.67. The first-order valence-electron chi connectivity index (χ1n) is 7.94. The highest BCUT2D eigenvalue weighted by Crippen LogP contribution is 2.33. The number of carbonyl (C=O) groups is 2. The number of anilines is 1. The lowest BCUT2D eigenvalue weighted by Crippen LogP contribution is -2.40. The van der Waals surface area contributed by atoms with Crippen LogP contribution in [0.4, 0.5) is 5.69 Å². The number of hydrogen-bond donors (Lipinski definition) is 0. The molecule has 5 heteroatoms. The van der Waals surface area contributed by atoms with E-state index in [2.05, 4.69) is 0 Å². The molecule has 0 bridgehead atoms. The van der Waals surface area contributed by atoms with Gasteiger partial charge in [-0.1, -0.05) is 18.2 Å². The van der Waals surface area contributed by atoms with Crippen molar-refractivity contribution in [2.45, 2.75) is 18.9 Å². The van der Waals surface area contributed by atoms with Crippen LogP contribution in [-0.4, -0.2) is 31.6 Å². The summed E-state index contributed by atoms with van der Waals surface area (Å²) in [6, 6.07) is 13.1. The predicted molar refractivity (Wildman–Crippen MR) is 88.4 cm³/mol. The van der Waals surface area contributed by atoms with E-state index in [1.54, 1.807) is 17.0 Å². The van der Waals surface area contributed by atoms with Crippen molar-refractivity contribution in [2.24, 2.45) is 0 Å². The van der Waals surface area contributed by atoms with Gasteiger partial charge in [0, 0.05) is 18.7 Å². The first-order valence-corrected chi connectivity index (χ1v) is 7.94. The molecule has 0 aromatic heterocycles. The third-order valence-electron chi connectivity index (χ3n) is 4.58. The Labute approximate surface area is 139 Å². The van der Waals surface area contributed by atoms with Crippen molar-refractivity contribution < 1.29 is 19.1 Å². The summed E-state index contributed by atoms with van der Waals surface area (Å²) in [7, 11) is 1.36. The van der Waals surface area contributed by atoms with Crippen LogP contribution < -0.4 is 9.64 Å². The zero-order valence-electron chi connectivity index (χ0n) is 13.3. The molecule has 0 aliphatic carbocycles. The van der Waals surface area contributed by atoms with Crippen LogP contribution in [0.25, 0.3) is 0 Å². The Morgan fingerprint density at radius 1 is 1.17 bits per heavy atom.